The molecule has 2 rings (SSSR count). The predicted octanol–water partition coefficient (Wildman–Crippen LogP) is 1.56. The number of nitrogens with one attached hydrogen (secondary N) is 1. The minimum Gasteiger partial charge on any atom is -0.507 e. The van der Waals surface area contributed by atoms with Crippen LogP contribution in [-0.4, -0.2) is 22.6 Å². The Morgan fingerprint density at radius 3 is 2.43 bits per heavy atom. The fourth-order valence-electron chi connectivity index (χ4n) is 1.81. The van der Waals surface area contributed by atoms with E-state index < -0.39 is 17.4 Å². The van der Waals surface area contributed by atoms with E-state index >= 15 is 0 Å². The van der Waals surface area contributed by atoms with E-state index in [2.05, 4.69) is 10.1 Å². The summed E-state index contributed by atoms with van der Waals surface area (Å²) in [6, 6.07) is 11.4. The molecule has 21 heavy (non-hydrogen) atoms. The first-order valence-electron chi connectivity index (χ1n) is 6.11. The Bertz CT molecular complexity index is 655. The molecule has 2 aromatic carbocycles. The quantitative estimate of drug-likeness (QED) is 0.573. The summed E-state index contributed by atoms with van der Waals surface area (Å²) in [4.78, 5) is 22.6. The fourth-order valence-corrected chi connectivity index (χ4v) is 1.81. The van der Waals surface area contributed by atoms with E-state index in [0.717, 1.165) is 17.7 Å². The Hall–Kier alpha value is -3.02. The largest absolute Gasteiger partial charge is 0.507 e. The molecule has 0 radical (unpaired) electrons. The number of rotatable bonds is 5. The van der Waals surface area contributed by atoms with Crippen molar-refractivity contribution in [1.82, 2.24) is 5.32 Å². The van der Waals surface area contributed by atoms with Crippen molar-refractivity contribution in [2.45, 2.75) is 6.54 Å². The third kappa shape index (κ3) is 3.30. The van der Waals surface area contributed by atoms with Crippen molar-refractivity contribution in [1.29, 1.82) is 0 Å². The number of hydrogen-bond donors (Lipinski definition) is 3. The molecule has 0 spiro atoms. The van der Waals surface area contributed by atoms with Gasteiger partial charge < -0.3 is 20.3 Å². The van der Waals surface area contributed by atoms with Gasteiger partial charge in [0.05, 0.1) is 0 Å². The Morgan fingerprint density at radius 1 is 1.10 bits per heavy atom. The van der Waals surface area contributed by atoms with Crippen LogP contribution < -0.4 is 10.1 Å². The number of phenols is 2. The minimum absolute atomic E-state index is 0.0719. The Labute approximate surface area is 120 Å². The van der Waals surface area contributed by atoms with Crippen molar-refractivity contribution in [3.8, 4) is 17.2 Å². The van der Waals surface area contributed by atoms with Crippen LogP contribution in [0, 0.1) is 0 Å². The van der Waals surface area contributed by atoms with Gasteiger partial charge in [-0.15, -0.1) is 0 Å². The summed E-state index contributed by atoms with van der Waals surface area (Å²) in [7, 11) is 0. The van der Waals surface area contributed by atoms with Crippen molar-refractivity contribution in [2.24, 2.45) is 0 Å². The second-order valence-electron chi connectivity index (χ2n) is 4.19. The van der Waals surface area contributed by atoms with E-state index in [1.807, 2.05) is 30.3 Å². The molecule has 0 aromatic heterocycles. The van der Waals surface area contributed by atoms with E-state index in [4.69, 9.17) is 0 Å². The van der Waals surface area contributed by atoms with Crippen LogP contribution >= 0.6 is 0 Å². The van der Waals surface area contributed by atoms with Crippen LogP contribution in [0.5, 0.6) is 17.2 Å². The molecule has 6 nitrogen and oxygen atoms in total. The van der Waals surface area contributed by atoms with Gasteiger partial charge in [-0.2, -0.15) is 0 Å². The van der Waals surface area contributed by atoms with Crippen LogP contribution in [0.3, 0.4) is 0 Å². The first kappa shape index (κ1) is 14.4. The van der Waals surface area contributed by atoms with Crippen molar-refractivity contribution >= 4 is 12.4 Å². The normalized spacial score (nSPS) is 9.90. The molecule has 0 heterocycles. The second kappa shape index (κ2) is 6.42. The van der Waals surface area contributed by atoms with Gasteiger partial charge in [0, 0.05) is 6.54 Å². The van der Waals surface area contributed by atoms with Crippen molar-refractivity contribution in [3.05, 3.63) is 53.6 Å². The van der Waals surface area contributed by atoms with E-state index in [9.17, 15) is 19.8 Å². The van der Waals surface area contributed by atoms with Gasteiger partial charge in [0.25, 0.3) is 12.4 Å². The maximum Gasteiger partial charge on any atom is 0.298 e. The number of phenolic OH excluding ortho intramolecular Hbond substituents is 2. The van der Waals surface area contributed by atoms with Crippen molar-refractivity contribution in [3.63, 3.8) is 0 Å². The van der Waals surface area contributed by atoms with Crippen LogP contribution in [0.4, 0.5) is 0 Å². The van der Waals surface area contributed by atoms with Gasteiger partial charge in [-0.05, 0) is 17.7 Å². The molecule has 0 saturated carbocycles. The molecule has 0 saturated heterocycles. The molecule has 108 valence electrons. The van der Waals surface area contributed by atoms with Gasteiger partial charge in [-0.1, -0.05) is 30.3 Å². The fraction of sp³-hybridized carbons (Fsp3) is 0.0667. The lowest BCUT2D eigenvalue weighted by molar-refractivity contribution is -0.120. The highest BCUT2D eigenvalue weighted by Crippen LogP contribution is 2.35. The summed E-state index contributed by atoms with van der Waals surface area (Å²) in [5.41, 5.74) is 0.571. The van der Waals surface area contributed by atoms with Crippen molar-refractivity contribution < 1.29 is 24.5 Å². The lowest BCUT2D eigenvalue weighted by Crippen LogP contribution is -2.23. The van der Waals surface area contributed by atoms with E-state index in [-0.39, 0.29) is 24.3 Å². The maximum absolute atomic E-state index is 12.1. The first-order valence-corrected chi connectivity index (χ1v) is 6.11. The monoisotopic (exact) mass is 287 g/mol. The molecule has 0 atom stereocenters. The summed E-state index contributed by atoms with van der Waals surface area (Å²) in [6.45, 7) is 0.303. The molecule has 3 N–H and O–H groups in total. The average molecular weight is 287 g/mol. The van der Waals surface area contributed by atoms with E-state index in [1.165, 1.54) is 0 Å². The summed E-state index contributed by atoms with van der Waals surface area (Å²) in [6.07, 6.45) is 0. The molecule has 2 aromatic rings. The first-order chi connectivity index (χ1) is 10.1. The SMILES string of the molecule is O=COc1c(O)ccc(O)c1C(=O)NCc1ccccc1. The van der Waals surface area contributed by atoms with Gasteiger partial charge in [0.2, 0.25) is 0 Å². The zero-order chi connectivity index (χ0) is 15.2. The summed E-state index contributed by atoms with van der Waals surface area (Å²) in [5, 5.41) is 21.9. The van der Waals surface area contributed by atoms with E-state index in [1.54, 1.807) is 0 Å². The van der Waals surface area contributed by atoms with Gasteiger partial charge in [0.15, 0.2) is 11.5 Å². The molecule has 0 bridgehead atoms. The molecule has 1 amide bonds. The molecule has 0 unspecified atom stereocenters. The van der Waals surface area contributed by atoms with Crippen molar-refractivity contribution in [2.75, 3.05) is 0 Å². The lowest BCUT2D eigenvalue weighted by atomic mass is 10.1. The maximum atomic E-state index is 12.1. The minimum atomic E-state index is -0.663. The van der Waals surface area contributed by atoms with Gasteiger partial charge in [-0.3, -0.25) is 9.59 Å². The topological polar surface area (TPSA) is 95.9 Å². The van der Waals surface area contributed by atoms with Crippen LogP contribution in [0.25, 0.3) is 0 Å². The highest BCUT2D eigenvalue weighted by Gasteiger charge is 2.21. The molecule has 0 aliphatic carbocycles. The second-order valence-corrected chi connectivity index (χ2v) is 4.19. The number of carbonyl (C=O) groups is 2. The third-order valence-electron chi connectivity index (χ3n) is 2.80. The highest BCUT2D eigenvalue weighted by atomic mass is 16.5. The molecular weight excluding hydrogens is 274 g/mol. The molecule has 6 heteroatoms. The number of ether oxygens (including phenoxy) is 1. The smallest absolute Gasteiger partial charge is 0.298 e. The number of carbonyl (C=O) groups excluding carboxylic acids is 2. The van der Waals surface area contributed by atoms with Gasteiger partial charge >= 0.3 is 0 Å². The summed E-state index contributed by atoms with van der Waals surface area (Å²) >= 11 is 0. The zero-order valence-electron chi connectivity index (χ0n) is 10.9. The number of aromatic hydroxyl groups is 2. The molecular formula is C15H13NO5. The van der Waals surface area contributed by atoms with E-state index in [0.29, 0.717) is 0 Å². The van der Waals surface area contributed by atoms with Crippen LogP contribution in [0.15, 0.2) is 42.5 Å². The van der Waals surface area contributed by atoms with Crippen LogP contribution in [0.2, 0.25) is 0 Å². The zero-order valence-corrected chi connectivity index (χ0v) is 10.9. The van der Waals surface area contributed by atoms with Gasteiger partial charge in [0.1, 0.15) is 11.3 Å². The Balaban J connectivity index is 2.22. The molecule has 0 aliphatic heterocycles. The molecule has 0 aliphatic rings. The number of amides is 1. The number of hydrogen-bond acceptors (Lipinski definition) is 5. The van der Waals surface area contributed by atoms with Crippen LogP contribution in [-0.2, 0) is 11.3 Å². The standard InChI is InChI=1S/C15H13NO5/c17-9-21-14-12(19)7-6-11(18)13(14)15(20)16-8-10-4-2-1-3-5-10/h1-7,9,18-19H,8H2,(H,16,20). The molecule has 0 fully saturated rings. The van der Waals surface area contributed by atoms with Crippen LogP contribution in [0.1, 0.15) is 15.9 Å². The lowest BCUT2D eigenvalue weighted by Gasteiger charge is -2.11. The summed E-state index contributed by atoms with van der Waals surface area (Å²) in [5.74, 6) is -1.85. The Morgan fingerprint density at radius 2 is 1.76 bits per heavy atom. The highest BCUT2D eigenvalue weighted by molar-refractivity contribution is 6.00. The number of benzene rings is 2. The summed E-state index contributed by atoms with van der Waals surface area (Å²) < 4.78 is 4.57. The average Bonchev–Trinajstić information content (AvgIpc) is 2.50. The van der Waals surface area contributed by atoms with Gasteiger partial charge in [-0.25, -0.2) is 0 Å². The Kier molecular flexibility index (Phi) is 4.40. The predicted molar refractivity (Wildman–Crippen MR) is 74.1 cm³/mol. The third-order valence-corrected chi connectivity index (χ3v) is 2.80.